The summed E-state index contributed by atoms with van der Waals surface area (Å²) in [5, 5.41) is 3.07. The lowest BCUT2D eigenvalue weighted by Gasteiger charge is -2.29. The SMILES string of the molecule is CN1CCC[C@@H](C(=O)NCCN(C)c2ccccc2)C1. The van der Waals surface area contributed by atoms with Crippen LogP contribution >= 0.6 is 0 Å². The summed E-state index contributed by atoms with van der Waals surface area (Å²) in [6.07, 6.45) is 2.14. The summed E-state index contributed by atoms with van der Waals surface area (Å²) in [6.45, 7) is 3.53. The first-order chi connectivity index (χ1) is 9.66. The predicted octanol–water partition coefficient (Wildman–Crippen LogP) is 1.58. The largest absolute Gasteiger partial charge is 0.373 e. The molecular weight excluding hydrogens is 250 g/mol. The molecule has 0 unspecified atom stereocenters. The summed E-state index contributed by atoms with van der Waals surface area (Å²) >= 11 is 0. The Morgan fingerprint density at radius 3 is 2.85 bits per heavy atom. The number of likely N-dealkylation sites (tertiary alicyclic amines) is 1. The molecule has 4 heteroatoms. The molecule has 0 aromatic heterocycles. The minimum absolute atomic E-state index is 0.163. The van der Waals surface area contributed by atoms with E-state index >= 15 is 0 Å². The van der Waals surface area contributed by atoms with Gasteiger partial charge in [-0.05, 0) is 38.6 Å². The Kier molecular flexibility index (Phi) is 5.41. The highest BCUT2D eigenvalue weighted by Gasteiger charge is 2.23. The first-order valence-corrected chi connectivity index (χ1v) is 7.39. The topological polar surface area (TPSA) is 35.6 Å². The zero-order valence-corrected chi connectivity index (χ0v) is 12.5. The number of hydrogen-bond acceptors (Lipinski definition) is 3. The van der Waals surface area contributed by atoms with Crippen LogP contribution in [-0.2, 0) is 4.79 Å². The maximum Gasteiger partial charge on any atom is 0.224 e. The summed E-state index contributed by atoms with van der Waals surface area (Å²) in [7, 11) is 4.14. The zero-order valence-electron chi connectivity index (χ0n) is 12.5. The summed E-state index contributed by atoms with van der Waals surface area (Å²) in [5.74, 6) is 0.369. The first kappa shape index (κ1) is 14.9. The Morgan fingerprint density at radius 1 is 1.40 bits per heavy atom. The standard InChI is InChI=1S/C16H25N3O/c1-18-11-6-7-14(13-18)16(20)17-10-12-19(2)15-8-4-3-5-9-15/h3-5,8-9,14H,6-7,10-13H2,1-2H3,(H,17,20)/t14-/m1/s1. The van der Waals surface area contributed by atoms with Gasteiger partial charge in [0.15, 0.2) is 0 Å². The molecule has 20 heavy (non-hydrogen) atoms. The molecule has 0 bridgehead atoms. The van der Waals surface area contributed by atoms with Crippen molar-refractivity contribution in [2.24, 2.45) is 5.92 Å². The lowest BCUT2D eigenvalue weighted by molar-refractivity contribution is -0.126. The van der Waals surface area contributed by atoms with Gasteiger partial charge in [0.05, 0.1) is 5.92 Å². The Hall–Kier alpha value is -1.55. The van der Waals surface area contributed by atoms with Gasteiger partial charge in [0.25, 0.3) is 0 Å². The van der Waals surface area contributed by atoms with E-state index in [9.17, 15) is 4.79 Å². The monoisotopic (exact) mass is 275 g/mol. The maximum atomic E-state index is 12.1. The Bertz CT molecular complexity index is 421. The molecule has 1 aliphatic heterocycles. The number of benzene rings is 1. The molecule has 1 atom stereocenters. The smallest absolute Gasteiger partial charge is 0.224 e. The minimum atomic E-state index is 0.163. The molecule has 1 aromatic carbocycles. The lowest BCUT2D eigenvalue weighted by atomic mass is 9.98. The van der Waals surface area contributed by atoms with Gasteiger partial charge >= 0.3 is 0 Å². The van der Waals surface area contributed by atoms with E-state index in [0.717, 1.165) is 32.5 Å². The van der Waals surface area contributed by atoms with Gasteiger partial charge in [-0.15, -0.1) is 0 Å². The molecule has 1 N–H and O–H groups in total. The number of amides is 1. The number of likely N-dealkylation sites (N-methyl/N-ethyl adjacent to an activating group) is 1. The first-order valence-electron chi connectivity index (χ1n) is 7.39. The van der Waals surface area contributed by atoms with E-state index in [0.29, 0.717) is 6.54 Å². The fourth-order valence-corrected chi connectivity index (χ4v) is 2.68. The molecule has 2 rings (SSSR count). The fraction of sp³-hybridized carbons (Fsp3) is 0.562. The Labute approximate surface area is 121 Å². The second-order valence-electron chi connectivity index (χ2n) is 5.65. The third-order valence-electron chi connectivity index (χ3n) is 3.94. The quantitative estimate of drug-likeness (QED) is 0.886. The van der Waals surface area contributed by atoms with Crippen molar-refractivity contribution >= 4 is 11.6 Å². The molecule has 1 fully saturated rings. The van der Waals surface area contributed by atoms with Crippen molar-refractivity contribution < 1.29 is 4.79 Å². The number of anilines is 1. The number of hydrogen-bond donors (Lipinski definition) is 1. The van der Waals surface area contributed by atoms with Crippen LogP contribution in [-0.4, -0.2) is 51.1 Å². The third-order valence-corrected chi connectivity index (χ3v) is 3.94. The van der Waals surface area contributed by atoms with Gasteiger partial charge in [-0.25, -0.2) is 0 Å². The number of nitrogens with zero attached hydrogens (tertiary/aromatic N) is 2. The molecule has 0 aliphatic carbocycles. The van der Waals surface area contributed by atoms with E-state index in [1.807, 2.05) is 18.2 Å². The molecule has 1 aliphatic rings. The summed E-state index contributed by atoms with van der Waals surface area (Å²) in [5.41, 5.74) is 1.18. The van der Waals surface area contributed by atoms with Crippen molar-refractivity contribution in [1.29, 1.82) is 0 Å². The average Bonchev–Trinajstić information content (AvgIpc) is 2.48. The average molecular weight is 275 g/mol. The van der Waals surface area contributed by atoms with Gasteiger partial charge < -0.3 is 15.1 Å². The van der Waals surface area contributed by atoms with E-state index in [1.165, 1.54) is 5.69 Å². The summed E-state index contributed by atoms with van der Waals surface area (Å²) in [6, 6.07) is 10.2. The number of rotatable bonds is 5. The van der Waals surface area contributed by atoms with E-state index in [-0.39, 0.29) is 11.8 Å². The van der Waals surface area contributed by atoms with Crippen LogP contribution in [0.25, 0.3) is 0 Å². The summed E-state index contributed by atoms with van der Waals surface area (Å²) < 4.78 is 0. The van der Waals surface area contributed by atoms with Crippen LogP contribution < -0.4 is 10.2 Å². The molecule has 1 heterocycles. The van der Waals surface area contributed by atoms with Crippen molar-refractivity contribution in [2.75, 3.05) is 45.2 Å². The van der Waals surface area contributed by atoms with Crippen molar-refractivity contribution in [3.63, 3.8) is 0 Å². The van der Waals surface area contributed by atoms with Gasteiger partial charge in [0, 0.05) is 32.4 Å². The summed E-state index contributed by atoms with van der Waals surface area (Å²) in [4.78, 5) is 16.5. The number of carbonyl (C=O) groups is 1. The highest BCUT2D eigenvalue weighted by molar-refractivity contribution is 5.79. The lowest BCUT2D eigenvalue weighted by Crippen LogP contribution is -2.43. The second-order valence-corrected chi connectivity index (χ2v) is 5.65. The molecule has 0 saturated carbocycles. The minimum Gasteiger partial charge on any atom is -0.373 e. The van der Waals surface area contributed by atoms with Gasteiger partial charge in [-0.2, -0.15) is 0 Å². The highest BCUT2D eigenvalue weighted by atomic mass is 16.1. The molecule has 1 saturated heterocycles. The third kappa shape index (κ3) is 4.23. The Morgan fingerprint density at radius 2 is 2.15 bits per heavy atom. The van der Waals surface area contributed by atoms with Gasteiger partial charge in [0.1, 0.15) is 0 Å². The molecular formula is C16H25N3O. The molecule has 0 spiro atoms. The van der Waals surface area contributed by atoms with Gasteiger partial charge in [0.2, 0.25) is 5.91 Å². The highest BCUT2D eigenvalue weighted by Crippen LogP contribution is 2.15. The van der Waals surface area contributed by atoms with Gasteiger partial charge in [-0.3, -0.25) is 4.79 Å². The van der Waals surface area contributed by atoms with Crippen LogP contribution in [0.15, 0.2) is 30.3 Å². The van der Waals surface area contributed by atoms with Gasteiger partial charge in [-0.1, -0.05) is 18.2 Å². The fourth-order valence-electron chi connectivity index (χ4n) is 2.68. The van der Waals surface area contributed by atoms with Crippen LogP contribution in [0.2, 0.25) is 0 Å². The van der Waals surface area contributed by atoms with Crippen LogP contribution in [0.5, 0.6) is 0 Å². The molecule has 110 valence electrons. The number of para-hydroxylation sites is 1. The van der Waals surface area contributed by atoms with Crippen LogP contribution in [0, 0.1) is 5.92 Å². The zero-order chi connectivity index (χ0) is 14.4. The van der Waals surface area contributed by atoms with Crippen molar-refractivity contribution in [3.05, 3.63) is 30.3 Å². The predicted molar refractivity (Wildman–Crippen MR) is 82.9 cm³/mol. The van der Waals surface area contributed by atoms with E-state index in [4.69, 9.17) is 0 Å². The molecule has 4 nitrogen and oxygen atoms in total. The number of carbonyl (C=O) groups excluding carboxylic acids is 1. The number of piperidine rings is 1. The molecule has 0 radical (unpaired) electrons. The van der Waals surface area contributed by atoms with E-state index < -0.39 is 0 Å². The molecule has 1 aromatic rings. The van der Waals surface area contributed by atoms with Crippen molar-refractivity contribution in [1.82, 2.24) is 10.2 Å². The number of nitrogens with one attached hydrogen (secondary N) is 1. The van der Waals surface area contributed by atoms with Crippen LogP contribution in [0.1, 0.15) is 12.8 Å². The van der Waals surface area contributed by atoms with E-state index in [2.05, 4.69) is 41.3 Å². The van der Waals surface area contributed by atoms with Crippen LogP contribution in [0.4, 0.5) is 5.69 Å². The second kappa shape index (κ2) is 7.29. The Balaban J connectivity index is 1.71. The molecule has 1 amide bonds. The van der Waals surface area contributed by atoms with Crippen molar-refractivity contribution in [3.8, 4) is 0 Å². The van der Waals surface area contributed by atoms with Crippen molar-refractivity contribution in [2.45, 2.75) is 12.8 Å². The maximum absolute atomic E-state index is 12.1. The van der Waals surface area contributed by atoms with Crippen LogP contribution in [0.3, 0.4) is 0 Å². The van der Waals surface area contributed by atoms with E-state index in [1.54, 1.807) is 0 Å². The normalized spacial score (nSPS) is 19.6.